The molecule has 28 heavy (non-hydrogen) atoms. The van der Waals surface area contributed by atoms with Crippen molar-refractivity contribution in [1.82, 2.24) is 19.9 Å². The van der Waals surface area contributed by atoms with Gasteiger partial charge in [0.05, 0.1) is 22.9 Å². The molecule has 2 aromatic carbocycles. The normalized spacial score (nSPS) is 10.9. The van der Waals surface area contributed by atoms with E-state index in [2.05, 4.69) is 30.6 Å². The van der Waals surface area contributed by atoms with Gasteiger partial charge in [0.15, 0.2) is 0 Å². The minimum atomic E-state index is 0.504. The Kier molecular flexibility index (Phi) is 3.99. The Labute approximate surface area is 161 Å². The van der Waals surface area contributed by atoms with E-state index in [1.54, 1.807) is 18.6 Å². The molecule has 6 heteroatoms. The zero-order valence-electron chi connectivity index (χ0n) is 14.9. The van der Waals surface area contributed by atoms with Crippen LogP contribution in [0, 0.1) is 0 Å². The van der Waals surface area contributed by atoms with E-state index in [9.17, 15) is 0 Å². The van der Waals surface area contributed by atoms with Gasteiger partial charge in [-0.1, -0.05) is 24.3 Å². The van der Waals surface area contributed by atoms with Crippen molar-refractivity contribution in [2.45, 2.75) is 0 Å². The molecule has 2 N–H and O–H groups in total. The summed E-state index contributed by atoms with van der Waals surface area (Å²) < 4.78 is 0. The lowest BCUT2D eigenvalue weighted by molar-refractivity contribution is 1.16. The molecule has 0 radical (unpaired) electrons. The Morgan fingerprint density at radius 2 is 1.43 bits per heavy atom. The number of hydrogen-bond donors (Lipinski definition) is 2. The standard InChI is InChI=1S/C22H16N6/c1-2-6-19-15(4-1)13-18(14-25-19)27-22-24-11-9-21(28-22)26-17-7-8-20-16(12-17)5-3-10-23-20/h1-14H,(H2,24,26,27,28). The number of benzene rings is 2. The van der Waals surface area contributed by atoms with Crippen LogP contribution in [-0.2, 0) is 0 Å². The SMILES string of the molecule is c1cnc2ccc(Nc3ccnc(Nc4cnc5ccccc5c4)n3)cc2c1. The molecule has 0 amide bonds. The van der Waals surface area contributed by atoms with Crippen LogP contribution in [0.25, 0.3) is 21.8 Å². The third-order valence-corrected chi connectivity index (χ3v) is 4.38. The van der Waals surface area contributed by atoms with Crippen molar-refractivity contribution in [3.8, 4) is 0 Å². The third kappa shape index (κ3) is 3.31. The molecule has 0 saturated heterocycles. The van der Waals surface area contributed by atoms with Gasteiger partial charge in [0.1, 0.15) is 5.82 Å². The fourth-order valence-corrected chi connectivity index (χ4v) is 3.06. The largest absolute Gasteiger partial charge is 0.340 e. The molecule has 5 aromatic rings. The van der Waals surface area contributed by atoms with Gasteiger partial charge in [-0.2, -0.15) is 4.98 Å². The van der Waals surface area contributed by atoms with Crippen LogP contribution in [-0.4, -0.2) is 19.9 Å². The molecule has 3 aromatic heterocycles. The Morgan fingerprint density at radius 3 is 2.39 bits per heavy atom. The monoisotopic (exact) mass is 364 g/mol. The highest BCUT2D eigenvalue weighted by Gasteiger charge is 2.04. The van der Waals surface area contributed by atoms with Gasteiger partial charge in [-0.05, 0) is 42.5 Å². The number of nitrogens with zero attached hydrogens (tertiary/aromatic N) is 4. The van der Waals surface area contributed by atoms with Gasteiger partial charge in [-0.3, -0.25) is 9.97 Å². The quantitative estimate of drug-likeness (QED) is 0.464. The van der Waals surface area contributed by atoms with Gasteiger partial charge < -0.3 is 10.6 Å². The summed E-state index contributed by atoms with van der Waals surface area (Å²) in [6.45, 7) is 0. The van der Waals surface area contributed by atoms with Crippen molar-refractivity contribution >= 4 is 44.9 Å². The number of hydrogen-bond acceptors (Lipinski definition) is 6. The second kappa shape index (κ2) is 6.92. The van der Waals surface area contributed by atoms with Crippen LogP contribution in [0.4, 0.5) is 23.1 Å². The summed E-state index contributed by atoms with van der Waals surface area (Å²) >= 11 is 0. The van der Waals surface area contributed by atoms with E-state index in [1.165, 1.54) is 0 Å². The molecule has 0 atom stereocenters. The van der Waals surface area contributed by atoms with E-state index < -0.39 is 0 Å². The minimum absolute atomic E-state index is 0.504. The van der Waals surface area contributed by atoms with Crippen LogP contribution in [0.1, 0.15) is 0 Å². The highest BCUT2D eigenvalue weighted by atomic mass is 15.1. The van der Waals surface area contributed by atoms with Crippen LogP contribution < -0.4 is 10.6 Å². The molecule has 0 spiro atoms. The predicted octanol–water partition coefficient (Wildman–Crippen LogP) is 5.06. The number of pyridine rings is 2. The Morgan fingerprint density at radius 1 is 0.607 bits per heavy atom. The maximum Gasteiger partial charge on any atom is 0.229 e. The van der Waals surface area contributed by atoms with Crippen molar-refractivity contribution < 1.29 is 0 Å². The molecule has 0 saturated carbocycles. The molecule has 0 unspecified atom stereocenters. The number of aromatic nitrogens is 4. The second-order valence-corrected chi connectivity index (χ2v) is 6.34. The Balaban J connectivity index is 1.39. The number of nitrogens with one attached hydrogen (secondary N) is 2. The third-order valence-electron chi connectivity index (χ3n) is 4.38. The summed E-state index contributed by atoms with van der Waals surface area (Å²) in [5.41, 5.74) is 3.70. The molecule has 0 aliphatic carbocycles. The highest BCUT2D eigenvalue weighted by Crippen LogP contribution is 2.22. The van der Waals surface area contributed by atoms with Crippen molar-refractivity contribution in [3.63, 3.8) is 0 Å². The van der Waals surface area contributed by atoms with Crippen LogP contribution in [0.3, 0.4) is 0 Å². The van der Waals surface area contributed by atoms with Crippen molar-refractivity contribution in [1.29, 1.82) is 0 Å². The fraction of sp³-hybridized carbons (Fsp3) is 0. The van der Waals surface area contributed by atoms with E-state index in [-0.39, 0.29) is 0 Å². The summed E-state index contributed by atoms with van der Waals surface area (Å²) in [5, 5.41) is 8.67. The van der Waals surface area contributed by atoms with Crippen LogP contribution in [0.2, 0.25) is 0 Å². The molecule has 134 valence electrons. The van der Waals surface area contributed by atoms with E-state index in [4.69, 9.17) is 0 Å². The summed E-state index contributed by atoms with van der Waals surface area (Å²) in [5.74, 6) is 1.21. The topological polar surface area (TPSA) is 75.6 Å². The van der Waals surface area contributed by atoms with E-state index in [1.807, 2.05) is 66.7 Å². The Bertz CT molecular complexity index is 1190. The lowest BCUT2D eigenvalue weighted by Gasteiger charge is -2.09. The van der Waals surface area contributed by atoms with Crippen molar-refractivity contribution in [2.24, 2.45) is 0 Å². The lowest BCUT2D eigenvalue weighted by atomic mass is 10.2. The number of anilines is 4. The van der Waals surface area contributed by atoms with E-state index in [0.717, 1.165) is 33.2 Å². The number of para-hydroxylation sites is 1. The first-order valence-corrected chi connectivity index (χ1v) is 8.90. The first-order valence-electron chi connectivity index (χ1n) is 8.90. The average Bonchev–Trinajstić information content (AvgIpc) is 2.74. The summed E-state index contributed by atoms with van der Waals surface area (Å²) in [6, 6.07) is 21.8. The van der Waals surface area contributed by atoms with Gasteiger partial charge in [0, 0.05) is 28.9 Å². The van der Waals surface area contributed by atoms with Gasteiger partial charge in [-0.15, -0.1) is 0 Å². The van der Waals surface area contributed by atoms with Crippen molar-refractivity contribution in [3.05, 3.63) is 85.3 Å². The first kappa shape index (κ1) is 16.1. The smallest absolute Gasteiger partial charge is 0.229 e. The molecule has 5 rings (SSSR count). The zero-order chi connectivity index (χ0) is 18.8. The first-order chi connectivity index (χ1) is 13.8. The van der Waals surface area contributed by atoms with Crippen LogP contribution in [0.5, 0.6) is 0 Å². The van der Waals surface area contributed by atoms with Crippen molar-refractivity contribution in [2.75, 3.05) is 10.6 Å². The maximum atomic E-state index is 4.55. The zero-order valence-corrected chi connectivity index (χ0v) is 14.9. The molecule has 0 aliphatic heterocycles. The molecule has 0 bridgehead atoms. The van der Waals surface area contributed by atoms with Gasteiger partial charge >= 0.3 is 0 Å². The average molecular weight is 364 g/mol. The fourth-order valence-electron chi connectivity index (χ4n) is 3.06. The van der Waals surface area contributed by atoms with Gasteiger partial charge in [0.25, 0.3) is 0 Å². The Hall–Kier alpha value is -4.06. The maximum absolute atomic E-state index is 4.55. The summed E-state index contributed by atoms with van der Waals surface area (Å²) in [6.07, 6.45) is 5.29. The van der Waals surface area contributed by atoms with Crippen LogP contribution >= 0.6 is 0 Å². The predicted molar refractivity (Wildman–Crippen MR) is 112 cm³/mol. The van der Waals surface area contributed by atoms with Gasteiger partial charge in [-0.25, -0.2) is 4.98 Å². The van der Waals surface area contributed by atoms with Gasteiger partial charge in [0.2, 0.25) is 5.95 Å². The molecular formula is C22H16N6. The van der Waals surface area contributed by atoms with E-state index >= 15 is 0 Å². The molecule has 3 heterocycles. The molecule has 6 nitrogen and oxygen atoms in total. The molecular weight excluding hydrogens is 348 g/mol. The van der Waals surface area contributed by atoms with E-state index in [0.29, 0.717) is 11.8 Å². The number of fused-ring (bicyclic) bond motifs is 2. The minimum Gasteiger partial charge on any atom is -0.340 e. The summed E-state index contributed by atoms with van der Waals surface area (Å²) in [7, 11) is 0. The molecule has 0 fully saturated rings. The molecule has 0 aliphatic rings. The summed E-state index contributed by atoms with van der Waals surface area (Å²) in [4.78, 5) is 17.7. The highest BCUT2D eigenvalue weighted by molar-refractivity contribution is 5.83. The van der Waals surface area contributed by atoms with Crippen LogP contribution in [0.15, 0.2) is 85.3 Å². The lowest BCUT2D eigenvalue weighted by Crippen LogP contribution is -2.00. The second-order valence-electron chi connectivity index (χ2n) is 6.34. The number of rotatable bonds is 4.